The summed E-state index contributed by atoms with van der Waals surface area (Å²) in [5.74, 6) is -3.95. The molecule has 0 saturated heterocycles. The number of halogens is 11. The third-order valence-electron chi connectivity index (χ3n) is 11.1. The SMILES string of the molecule is CN(Cc1ccc(Cl)nc1)C1=CC(=O)OC1.Cc1cc(C)c(S(=O)CC(F)(F)F)cc1-n1cnc(C(F)(F)F)n1.O=C1C=C(N(Cc2ccc(Cl)nc2)C2CC2)CO1.O=C1C=C(N(Cc2ccc(Cl)nc2)CC(F)F)CO1. The highest BCUT2D eigenvalue weighted by Gasteiger charge is 2.37. The fourth-order valence-corrected chi connectivity index (χ4v) is 8.75. The molecule has 1 unspecified atom stereocenters. The van der Waals surface area contributed by atoms with Gasteiger partial charge < -0.3 is 28.9 Å². The minimum Gasteiger partial charge on any atom is -0.456 e. The van der Waals surface area contributed by atoms with E-state index in [1.54, 1.807) is 49.7 Å². The smallest absolute Gasteiger partial charge is 0.453 e. The summed E-state index contributed by atoms with van der Waals surface area (Å²) in [6.07, 6.45) is 0.598. The minimum absolute atomic E-state index is 0.0204. The topological polar surface area (TPSA) is 175 Å². The Morgan fingerprint density at radius 1 is 0.688 bits per heavy atom. The maximum absolute atomic E-state index is 12.6. The lowest BCUT2D eigenvalue weighted by Crippen LogP contribution is -2.28. The van der Waals surface area contributed by atoms with Crippen LogP contribution in [0.4, 0.5) is 35.1 Å². The molecule has 9 rings (SSSR count). The van der Waals surface area contributed by atoms with E-state index in [1.807, 2.05) is 24.1 Å². The fourth-order valence-electron chi connectivity index (χ4n) is 7.31. The number of benzene rings is 1. The molecule has 0 amide bonds. The van der Waals surface area contributed by atoms with Crippen molar-refractivity contribution in [3.63, 3.8) is 0 Å². The highest BCUT2D eigenvalue weighted by atomic mass is 35.5. The number of pyridine rings is 3. The average Bonchev–Trinajstić information content (AvgIpc) is 3.70. The maximum Gasteiger partial charge on any atom is 0.453 e. The van der Waals surface area contributed by atoms with Gasteiger partial charge in [-0.1, -0.05) is 59.1 Å². The molecule has 0 radical (unpaired) electrons. The lowest BCUT2D eigenvalue weighted by molar-refractivity contribution is -0.145. The minimum atomic E-state index is -4.74. The zero-order valence-corrected chi connectivity index (χ0v) is 43.9. The summed E-state index contributed by atoms with van der Waals surface area (Å²) in [7, 11) is -0.471. The zero-order valence-electron chi connectivity index (χ0n) is 40.8. The summed E-state index contributed by atoms with van der Waals surface area (Å²) < 4.78 is 127. The first kappa shape index (κ1) is 59.5. The van der Waals surface area contributed by atoms with Crippen molar-refractivity contribution in [2.24, 2.45) is 0 Å². The predicted octanol–water partition coefficient (Wildman–Crippen LogP) is 9.56. The number of rotatable bonds is 15. The number of cyclic esters (lactones) is 3. The van der Waals surface area contributed by atoms with Crippen molar-refractivity contribution in [1.82, 2.24) is 44.4 Å². The van der Waals surface area contributed by atoms with Crippen LogP contribution in [0, 0.1) is 13.8 Å². The molecular formula is C49H46Cl3F8N9O7S. The second kappa shape index (κ2) is 26.6. The molecule has 1 aliphatic carbocycles. The Labute approximate surface area is 452 Å². The Kier molecular flexibility index (Phi) is 20.5. The van der Waals surface area contributed by atoms with E-state index in [4.69, 9.17) is 49.0 Å². The largest absolute Gasteiger partial charge is 0.456 e. The fraction of sp³-hybridized carbons (Fsp3) is 0.347. The Morgan fingerprint density at radius 2 is 1.18 bits per heavy atom. The number of esters is 3. The first-order valence-electron chi connectivity index (χ1n) is 22.8. The molecule has 4 aromatic heterocycles. The third kappa shape index (κ3) is 18.8. The quantitative estimate of drug-likeness (QED) is 0.0419. The number of ether oxygens (including phenoxy) is 3. The van der Waals surface area contributed by atoms with Gasteiger partial charge in [0.15, 0.2) is 0 Å². The van der Waals surface area contributed by atoms with Gasteiger partial charge in [0.1, 0.15) is 47.4 Å². The van der Waals surface area contributed by atoms with Crippen molar-refractivity contribution in [1.29, 1.82) is 0 Å². The van der Waals surface area contributed by atoms with Gasteiger partial charge in [0, 0.05) is 74.4 Å². The van der Waals surface area contributed by atoms with E-state index in [1.165, 1.54) is 49.1 Å². The summed E-state index contributed by atoms with van der Waals surface area (Å²) in [6, 6.07) is 13.8. The highest BCUT2D eigenvalue weighted by molar-refractivity contribution is 7.85. The van der Waals surface area contributed by atoms with Crippen molar-refractivity contribution in [2.75, 3.05) is 39.2 Å². The van der Waals surface area contributed by atoms with Crippen LogP contribution in [0.15, 0.2) is 114 Å². The molecule has 412 valence electrons. The molecule has 1 fully saturated rings. The molecule has 4 aliphatic rings. The summed E-state index contributed by atoms with van der Waals surface area (Å²) in [4.78, 5) is 53.6. The number of hydrogen-bond acceptors (Lipinski definition) is 15. The Balaban J connectivity index is 0.000000168. The van der Waals surface area contributed by atoms with Crippen LogP contribution in [0.2, 0.25) is 15.5 Å². The first-order chi connectivity index (χ1) is 36.3. The number of hydrogen-bond donors (Lipinski definition) is 0. The molecule has 77 heavy (non-hydrogen) atoms. The lowest BCUT2D eigenvalue weighted by Gasteiger charge is -2.24. The molecule has 1 atom stereocenters. The van der Waals surface area contributed by atoms with Gasteiger partial charge in [-0.05, 0) is 78.8 Å². The van der Waals surface area contributed by atoms with Gasteiger partial charge in [-0.3, -0.25) is 4.21 Å². The monoisotopic (exact) mass is 1160 g/mol. The maximum atomic E-state index is 12.6. The van der Waals surface area contributed by atoms with Crippen molar-refractivity contribution in [3.8, 4) is 5.69 Å². The average molecular weight is 1160 g/mol. The Hall–Kier alpha value is -6.70. The second-order valence-corrected chi connectivity index (χ2v) is 19.8. The van der Waals surface area contributed by atoms with Gasteiger partial charge in [-0.15, -0.1) is 5.10 Å². The van der Waals surface area contributed by atoms with Gasteiger partial charge in [0.2, 0.25) is 0 Å². The summed E-state index contributed by atoms with van der Waals surface area (Å²) in [5, 5.41) is 4.59. The van der Waals surface area contributed by atoms with Crippen molar-refractivity contribution in [2.45, 2.75) is 76.0 Å². The zero-order chi connectivity index (χ0) is 56.2. The molecule has 0 N–H and O–H groups in total. The molecule has 16 nitrogen and oxygen atoms in total. The van der Waals surface area contributed by atoms with Crippen LogP contribution >= 0.6 is 34.8 Å². The van der Waals surface area contributed by atoms with E-state index < -0.39 is 53.7 Å². The number of alkyl halides is 8. The van der Waals surface area contributed by atoms with Gasteiger partial charge in [-0.2, -0.15) is 26.3 Å². The van der Waals surface area contributed by atoms with E-state index >= 15 is 0 Å². The molecule has 1 aromatic carbocycles. The van der Waals surface area contributed by atoms with Crippen LogP contribution in [0.5, 0.6) is 0 Å². The molecular weight excluding hydrogens is 1120 g/mol. The standard InChI is InChI=1S/C13H13ClN2O2.C13H11F6N3OS.C12H11ClF2N2O2.C11H11ClN2O2/c14-12-4-1-9(6-15-12)7-16(10-2-3-10)11-5-13(17)18-8-11;1-7-3-8(2)10(24(23)5-12(14,15)16)4-9(7)22-6-20-11(21-22)13(17,18)19;13-10-2-1-8(4-16-10)5-17(6-11(14)15)9-3-12(18)19-7-9;1-14(9-4-11(15)16-7-9)6-8-2-3-10(12)13-5-8/h1,4-6,10H,2-3,7-8H2;3-4,6H,5H2,1-2H3;1-4,11H,5-7H2;2-5H,6-7H2,1H3. The predicted molar refractivity (Wildman–Crippen MR) is 264 cm³/mol. The van der Waals surface area contributed by atoms with Crippen LogP contribution in [-0.4, -0.2) is 124 Å². The van der Waals surface area contributed by atoms with Crippen LogP contribution < -0.4 is 0 Å². The molecule has 3 aliphatic heterocycles. The van der Waals surface area contributed by atoms with Crippen molar-refractivity contribution in [3.05, 3.63) is 158 Å². The molecule has 28 heteroatoms. The molecule has 1 saturated carbocycles. The molecule has 5 aromatic rings. The van der Waals surface area contributed by atoms with Crippen molar-refractivity contribution >= 4 is 63.5 Å². The Bertz CT molecular complexity index is 3000. The number of carbonyl (C=O) groups excluding carboxylic acids is 3. The number of aromatic nitrogens is 6. The number of carbonyl (C=O) groups is 3. The van der Waals surface area contributed by atoms with Crippen LogP contribution in [0.3, 0.4) is 0 Å². The van der Waals surface area contributed by atoms with Crippen LogP contribution in [0.1, 0.15) is 46.5 Å². The normalized spacial score (nSPS) is 15.3. The van der Waals surface area contributed by atoms with E-state index in [9.17, 15) is 53.7 Å². The van der Waals surface area contributed by atoms with E-state index in [2.05, 4.69) is 29.9 Å². The second-order valence-electron chi connectivity index (χ2n) is 17.2. The van der Waals surface area contributed by atoms with Crippen LogP contribution in [-0.2, 0) is 65.2 Å². The number of likely N-dealkylation sites (N-methyl/N-ethyl adjacent to an activating group) is 1. The highest BCUT2D eigenvalue weighted by Crippen LogP contribution is 2.33. The molecule has 0 bridgehead atoms. The third-order valence-corrected chi connectivity index (χ3v) is 13.3. The Morgan fingerprint density at radius 3 is 1.61 bits per heavy atom. The number of aryl methyl sites for hydroxylation is 2. The molecule has 7 heterocycles. The van der Waals surface area contributed by atoms with Crippen LogP contribution in [0.25, 0.3) is 5.69 Å². The first-order valence-corrected chi connectivity index (χ1v) is 25.2. The van der Waals surface area contributed by atoms with Gasteiger partial charge in [-0.25, -0.2) is 47.8 Å². The van der Waals surface area contributed by atoms with E-state index in [-0.39, 0.29) is 35.7 Å². The molecule has 0 spiro atoms. The summed E-state index contributed by atoms with van der Waals surface area (Å²) >= 11 is 17.1. The van der Waals surface area contributed by atoms with Gasteiger partial charge in [0.05, 0.1) is 40.1 Å². The van der Waals surface area contributed by atoms with E-state index in [0.717, 1.165) is 51.7 Å². The summed E-state index contributed by atoms with van der Waals surface area (Å²) in [5.41, 5.74) is 6.02. The van der Waals surface area contributed by atoms with E-state index in [0.29, 0.717) is 58.1 Å². The lowest BCUT2D eigenvalue weighted by atomic mass is 10.1. The number of nitrogens with zero attached hydrogens (tertiary/aromatic N) is 9. The van der Waals surface area contributed by atoms with Gasteiger partial charge >= 0.3 is 30.3 Å². The summed E-state index contributed by atoms with van der Waals surface area (Å²) in [6.45, 7) is 4.95. The van der Waals surface area contributed by atoms with Crippen molar-refractivity contribution < 1.29 is 67.9 Å². The van der Waals surface area contributed by atoms with Gasteiger partial charge in [0.25, 0.3) is 12.2 Å².